The van der Waals surface area contributed by atoms with Crippen LogP contribution in [0.5, 0.6) is 0 Å². The van der Waals surface area contributed by atoms with Gasteiger partial charge < -0.3 is 5.11 Å². The molecule has 0 saturated heterocycles. The number of aryl methyl sites for hydroxylation is 1. The first-order valence-corrected chi connectivity index (χ1v) is 4.98. The second-order valence-electron chi connectivity index (χ2n) is 3.29. The summed E-state index contributed by atoms with van der Waals surface area (Å²) < 4.78 is 14.9. The quantitative estimate of drug-likeness (QED) is 0.873. The maximum absolute atomic E-state index is 13.6. The second-order valence-corrected chi connectivity index (χ2v) is 3.72. The fraction of sp³-hybridized carbons (Fsp3) is 0.200. The first kappa shape index (κ1) is 11.0. The van der Waals surface area contributed by atoms with Gasteiger partial charge in [-0.05, 0) is 25.1 Å². The average molecular weight is 242 g/mol. The molecule has 0 saturated carbocycles. The van der Waals surface area contributed by atoms with E-state index in [-0.39, 0.29) is 12.3 Å². The molecule has 6 heteroatoms. The molecule has 2 rings (SSSR count). The lowest BCUT2D eigenvalue weighted by Gasteiger charge is -2.06. The van der Waals surface area contributed by atoms with E-state index in [0.717, 1.165) is 0 Å². The van der Waals surface area contributed by atoms with E-state index >= 15 is 0 Å². The SMILES string of the molecule is Cc1nnn(-c2ccc(Cl)cc2F)c1CO. The Hall–Kier alpha value is -1.46. The molecule has 1 aromatic carbocycles. The van der Waals surface area contributed by atoms with Gasteiger partial charge in [0.05, 0.1) is 18.0 Å². The molecule has 0 atom stereocenters. The van der Waals surface area contributed by atoms with E-state index < -0.39 is 5.82 Å². The van der Waals surface area contributed by atoms with Crippen LogP contribution in [0.3, 0.4) is 0 Å². The van der Waals surface area contributed by atoms with Gasteiger partial charge in [-0.15, -0.1) is 5.10 Å². The molecule has 0 unspecified atom stereocenters. The molecule has 0 fully saturated rings. The summed E-state index contributed by atoms with van der Waals surface area (Å²) in [6.45, 7) is 1.45. The number of benzene rings is 1. The lowest BCUT2D eigenvalue weighted by atomic mass is 10.3. The monoisotopic (exact) mass is 241 g/mol. The summed E-state index contributed by atoms with van der Waals surface area (Å²) in [4.78, 5) is 0. The molecule has 0 aliphatic carbocycles. The van der Waals surface area contributed by atoms with E-state index in [4.69, 9.17) is 16.7 Å². The Balaban J connectivity index is 2.58. The topological polar surface area (TPSA) is 50.9 Å². The van der Waals surface area contributed by atoms with Crippen molar-refractivity contribution in [3.8, 4) is 5.69 Å². The molecule has 4 nitrogen and oxygen atoms in total. The number of rotatable bonds is 2. The lowest BCUT2D eigenvalue weighted by Crippen LogP contribution is -2.05. The van der Waals surface area contributed by atoms with Crippen molar-refractivity contribution >= 4 is 11.6 Å². The van der Waals surface area contributed by atoms with Crippen LogP contribution in [0.1, 0.15) is 11.4 Å². The molecule has 84 valence electrons. The number of hydrogen-bond acceptors (Lipinski definition) is 3. The highest BCUT2D eigenvalue weighted by molar-refractivity contribution is 6.30. The smallest absolute Gasteiger partial charge is 0.150 e. The van der Waals surface area contributed by atoms with Crippen molar-refractivity contribution in [2.24, 2.45) is 0 Å². The highest BCUT2D eigenvalue weighted by atomic mass is 35.5. The third kappa shape index (κ3) is 1.79. The molecule has 2 aromatic rings. The van der Waals surface area contributed by atoms with Gasteiger partial charge in [0.2, 0.25) is 0 Å². The van der Waals surface area contributed by atoms with Crippen molar-refractivity contribution in [1.82, 2.24) is 15.0 Å². The van der Waals surface area contributed by atoms with Crippen LogP contribution in [0.2, 0.25) is 5.02 Å². The molecular formula is C10H9ClFN3O. The summed E-state index contributed by atoms with van der Waals surface area (Å²) in [5.41, 5.74) is 1.24. The normalized spacial score (nSPS) is 10.8. The minimum Gasteiger partial charge on any atom is -0.390 e. The fourth-order valence-corrected chi connectivity index (χ4v) is 1.56. The number of nitrogens with zero attached hydrogens (tertiary/aromatic N) is 3. The van der Waals surface area contributed by atoms with Crippen LogP contribution in [0, 0.1) is 12.7 Å². The first-order chi connectivity index (χ1) is 7.63. The van der Waals surface area contributed by atoms with Gasteiger partial charge >= 0.3 is 0 Å². The zero-order valence-corrected chi connectivity index (χ0v) is 9.24. The van der Waals surface area contributed by atoms with Gasteiger partial charge in [0, 0.05) is 5.02 Å². The van der Waals surface area contributed by atoms with Gasteiger partial charge in [-0.3, -0.25) is 0 Å². The molecule has 0 bridgehead atoms. The van der Waals surface area contributed by atoms with E-state index in [2.05, 4.69) is 10.3 Å². The van der Waals surface area contributed by atoms with E-state index in [1.54, 1.807) is 13.0 Å². The Labute approximate surface area is 96.3 Å². The molecule has 0 radical (unpaired) electrons. The molecule has 0 spiro atoms. The second kappa shape index (κ2) is 4.19. The predicted octanol–water partition coefficient (Wildman–Crippen LogP) is 1.86. The Bertz CT molecular complexity index is 527. The maximum Gasteiger partial charge on any atom is 0.150 e. The molecule has 1 N–H and O–H groups in total. The van der Waals surface area contributed by atoms with Crippen LogP contribution in [0.15, 0.2) is 18.2 Å². The molecule has 0 aliphatic heterocycles. The van der Waals surface area contributed by atoms with E-state index in [0.29, 0.717) is 16.4 Å². The fourth-order valence-electron chi connectivity index (χ4n) is 1.40. The van der Waals surface area contributed by atoms with Crippen molar-refractivity contribution in [2.45, 2.75) is 13.5 Å². The lowest BCUT2D eigenvalue weighted by molar-refractivity contribution is 0.272. The minimum absolute atomic E-state index is 0.217. The highest BCUT2D eigenvalue weighted by Crippen LogP contribution is 2.19. The number of halogens is 2. The van der Waals surface area contributed by atoms with Gasteiger partial charge in [-0.2, -0.15) is 0 Å². The van der Waals surface area contributed by atoms with Crippen LogP contribution in [-0.2, 0) is 6.61 Å². The van der Waals surface area contributed by atoms with Crippen LogP contribution >= 0.6 is 11.6 Å². The third-order valence-corrected chi connectivity index (χ3v) is 2.48. The number of aliphatic hydroxyl groups excluding tert-OH is 1. The number of hydrogen-bond donors (Lipinski definition) is 1. The van der Waals surface area contributed by atoms with Crippen LogP contribution in [0.4, 0.5) is 4.39 Å². The zero-order valence-electron chi connectivity index (χ0n) is 8.48. The summed E-state index contributed by atoms with van der Waals surface area (Å²) in [5, 5.41) is 17.0. The Morgan fingerprint density at radius 1 is 1.50 bits per heavy atom. The molecule has 1 aromatic heterocycles. The van der Waals surface area contributed by atoms with Gasteiger partial charge in [0.25, 0.3) is 0 Å². The number of aromatic nitrogens is 3. The molecule has 1 heterocycles. The predicted molar refractivity (Wildman–Crippen MR) is 57.0 cm³/mol. The molecule has 16 heavy (non-hydrogen) atoms. The summed E-state index contributed by atoms with van der Waals surface area (Å²) >= 11 is 5.65. The summed E-state index contributed by atoms with van der Waals surface area (Å²) in [7, 11) is 0. The Kier molecular flexibility index (Phi) is 2.89. The van der Waals surface area contributed by atoms with Crippen LogP contribution in [-0.4, -0.2) is 20.1 Å². The van der Waals surface area contributed by atoms with Gasteiger partial charge in [0.15, 0.2) is 0 Å². The highest BCUT2D eigenvalue weighted by Gasteiger charge is 2.13. The largest absolute Gasteiger partial charge is 0.390 e. The van der Waals surface area contributed by atoms with Crippen molar-refractivity contribution in [2.75, 3.05) is 0 Å². The first-order valence-electron chi connectivity index (χ1n) is 4.61. The summed E-state index contributed by atoms with van der Waals surface area (Å²) in [5.74, 6) is -0.507. The third-order valence-electron chi connectivity index (χ3n) is 2.25. The van der Waals surface area contributed by atoms with Crippen LogP contribution < -0.4 is 0 Å². The minimum atomic E-state index is -0.507. The average Bonchev–Trinajstić information content (AvgIpc) is 2.59. The van der Waals surface area contributed by atoms with Gasteiger partial charge in [-0.1, -0.05) is 16.8 Å². The van der Waals surface area contributed by atoms with Gasteiger partial charge in [-0.25, -0.2) is 9.07 Å². The molecule has 0 amide bonds. The standard InChI is InChI=1S/C10H9ClFN3O/c1-6-10(5-16)15(14-13-6)9-3-2-7(11)4-8(9)12/h2-4,16H,5H2,1H3. The van der Waals surface area contributed by atoms with Crippen molar-refractivity contribution in [3.63, 3.8) is 0 Å². The van der Waals surface area contributed by atoms with E-state index in [1.807, 2.05) is 0 Å². The molecule has 0 aliphatic rings. The van der Waals surface area contributed by atoms with Crippen LogP contribution in [0.25, 0.3) is 5.69 Å². The summed E-state index contributed by atoms with van der Waals surface area (Å²) in [6, 6.07) is 4.23. The maximum atomic E-state index is 13.6. The Morgan fingerprint density at radius 3 is 2.88 bits per heavy atom. The van der Waals surface area contributed by atoms with Crippen molar-refractivity contribution in [3.05, 3.63) is 40.4 Å². The zero-order chi connectivity index (χ0) is 11.7. The van der Waals surface area contributed by atoms with Crippen molar-refractivity contribution < 1.29 is 9.50 Å². The van der Waals surface area contributed by atoms with E-state index in [9.17, 15) is 4.39 Å². The van der Waals surface area contributed by atoms with Crippen molar-refractivity contribution in [1.29, 1.82) is 0 Å². The molecular weight excluding hydrogens is 233 g/mol. The van der Waals surface area contributed by atoms with Gasteiger partial charge in [0.1, 0.15) is 11.5 Å². The van der Waals surface area contributed by atoms with E-state index in [1.165, 1.54) is 16.8 Å². The Morgan fingerprint density at radius 2 is 2.25 bits per heavy atom. The summed E-state index contributed by atoms with van der Waals surface area (Å²) in [6.07, 6.45) is 0. The number of aliphatic hydroxyl groups is 1.